The molecule has 0 spiro atoms. The molecule has 0 saturated carbocycles. The number of hydrogen-bond acceptors (Lipinski definition) is 4. The van der Waals surface area contributed by atoms with Gasteiger partial charge in [0.15, 0.2) is 0 Å². The zero-order valence-corrected chi connectivity index (χ0v) is 11.3. The average molecular weight is 270 g/mol. The lowest BCUT2D eigenvalue weighted by Gasteiger charge is -2.17. The Hall–Kier alpha value is -2.14. The third-order valence-corrected chi connectivity index (χ3v) is 3.90. The van der Waals surface area contributed by atoms with Crippen LogP contribution in [0.25, 0.3) is 5.69 Å². The normalized spacial score (nSPS) is 12.3. The third kappa shape index (κ3) is 2.51. The van der Waals surface area contributed by atoms with Gasteiger partial charge in [-0.05, 0) is 19.1 Å². The molecule has 1 atom stereocenters. The van der Waals surface area contributed by atoms with Crippen LogP contribution in [0, 0.1) is 0 Å². The van der Waals surface area contributed by atoms with Gasteiger partial charge in [0, 0.05) is 23.5 Å². The van der Waals surface area contributed by atoms with Gasteiger partial charge >= 0.3 is 0 Å². The number of rotatable bonds is 4. The molecule has 96 valence electrons. The van der Waals surface area contributed by atoms with E-state index in [4.69, 9.17) is 0 Å². The first-order chi connectivity index (χ1) is 9.34. The van der Waals surface area contributed by atoms with E-state index in [1.54, 1.807) is 23.9 Å². The van der Waals surface area contributed by atoms with Crippen molar-refractivity contribution in [3.05, 3.63) is 59.6 Å². The van der Waals surface area contributed by atoms with Gasteiger partial charge in [0.2, 0.25) is 0 Å². The zero-order chi connectivity index (χ0) is 13.1. The minimum absolute atomic E-state index is 0.233. The minimum Gasteiger partial charge on any atom is -0.376 e. The van der Waals surface area contributed by atoms with Crippen LogP contribution in [-0.2, 0) is 0 Å². The SMILES string of the molecule is CC(Nc1ccccc1-n1ccnc1)c1cncs1. The van der Waals surface area contributed by atoms with Crippen molar-refractivity contribution in [3.8, 4) is 5.69 Å². The summed E-state index contributed by atoms with van der Waals surface area (Å²) in [4.78, 5) is 9.44. The van der Waals surface area contributed by atoms with Crippen molar-refractivity contribution in [3.63, 3.8) is 0 Å². The van der Waals surface area contributed by atoms with Gasteiger partial charge in [-0.3, -0.25) is 4.98 Å². The third-order valence-electron chi connectivity index (χ3n) is 2.94. The van der Waals surface area contributed by atoms with Gasteiger partial charge in [0.1, 0.15) is 0 Å². The second kappa shape index (κ2) is 5.24. The Labute approximate surface area is 115 Å². The molecule has 3 aromatic rings. The van der Waals surface area contributed by atoms with Gasteiger partial charge in [0.25, 0.3) is 0 Å². The molecule has 0 aliphatic rings. The Bertz CT molecular complexity index is 631. The van der Waals surface area contributed by atoms with E-state index in [1.807, 2.05) is 34.6 Å². The van der Waals surface area contributed by atoms with Crippen LogP contribution in [0.5, 0.6) is 0 Å². The summed E-state index contributed by atoms with van der Waals surface area (Å²) in [7, 11) is 0. The van der Waals surface area contributed by atoms with Crippen LogP contribution in [0.3, 0.4) is 0 Å². The van der Waals surface area contributed by atoms with Crippen LogP contribution in [0.1, 0.15) is 17.8 Å². The number of nitrogens with zero attached hydrogens (tertiary/aromatic N) is 3. The first-order valence-corrected chi connectivity index (χ1v) is 6.95. The molecule has 0 saturated heterocycles. The fourth-order valence-electron chi connectivity index (χ4n) is 1.97. The van der Waals surface area contributed by atoms with Crippen molar-refractivity contribution in [2.24, 2.45) is 0 Å². The van der Waals surface area contributed by atoms with Crippen molar-refractivity contribution in [2.45, 2.75) is 13.0 Å². The summed E-state index contributed by atoms with van der Waals surface area (Å²) in [5.74, 6) is 0. The molecular formula is C14H14N4S. The monoisotopic (exact) mass is 270 g/mol. The van der Waals surface area contributed by atoms with Crippen molar-refractivity contribution >= 4 is 17.0 Å². The van der Waals surface area contributed by atoms with Gasteiger partial charge < -0.3 is 9.88 Å². The Morgan fingerprint density at radius 1 is 1.26 bits per heavy atom. The summed E-state index contributed by atoms with van der Waals surface area (Å²) in [5, 5.41) is 3.52. The summed E-state index contributed by atoms with van der Waals surface area (Å²) < 4.78 is 2.00. The molecular weight excluding hydrogens is 256 g/mol. The van der Waals surface area contributed by atoms with Crippen LogP contribution in [-0.4, -0.2) is 14.5 Å². The fraction of sp³-hybridized carbons (Fsp3) is 0.143. The van der Waals surface area contributed by atoms with Gasteiger partial charge in [-0.25, -0.2) is 4.98 Å². The van der Waals surface area contributed by atoms with E-state index < -0.39 is 0 Å². The number of nitrogens with one attached hydrogen (secondary N) is 1. The molecule has 2 heterocycles. The molecule has 3 rings (SSSR count). The second-order valence-electron chi connectivity index (χ2n) is 4.26. The molecule has 1 unspecified atom stereocenters. The number of imidazole rings is 1. The second-order valence-corrected chi connectivity index (χ2v) is 5.17. The van der Waals surface area contributed by atoms with Gasteiger partial charge in [-0.15, -0.1) is 11.3 Å². The Kier molecular flexibility index (Phi) is 3.29. The van der Waals surface area contributed by atoms with E-state index in [0.29, 0.717) is 0 Å². The smallest absolute Gasteiger partial charge is 0.0992 e. The highest BCUT2D eigenvalue weighted by molar-refractivity contribution is 7.09. The number of thiazole rings is 1. The molecule has 0 fully saturated rings. The molecule has 1 N–H and O–H groups in total. The summed E-state index contributed by atoms with van der Waals surface area (Å²) in [5.41, 5.74) is 4.03. The first kappa shape index (κ1) is 11.9. The van der Waals surface area contributed by atoms with Crippen LogP contribution in [0.4, 0.5) is 5.69 Å². The predicted molar refractivity (Wildman–Crippen MR) is 77.7 cm³/mol. The highest BCUT2D eigenvalue weighted by atomic mass is 32.1. The molecule has 19 heavy (non-hydrogen) atoms. The van der Waals surface area contributed by atoms with E-state index >= 15 is 0 Å². The lowest BCUT2D eigenvalue weighted by Crippen LogP contribution is -2.07. The van der Waals surface area contributed by atoms with Crippen molar-refractivity contribution in [1.29, 1.82) is 0 Å². The van der Waals surface area contributed by atoms with Crippen LogP contribution < -0.4 is 5.32 Å². The molecule has 5 heteroatoms. The lowest BCUT2D eigenvalue weighted by molar-refractivity contribution is 0.897. The van der Waals surface area contributed by atoms with Crippen molar-refractivity contribution in [1.82, 2.24) is 14.5 Å². The average Bonchev–Trinajstić information content (AvgIpc) is 3.13. The molecule has 2 aromatic heterocycles. The lowest BCUT2D eigenvalue weighted by atomic mass is 10.2. The largest absolute Gasteiger partial charge is 0.376 e. The molecule has 0 aliphatic heterocycles. The molecule has 4 nitrogen and oxygen atoms in total. The Balaban J connectivity index is 1.89. The fourth-order valence-corrected chi connectivity index (χ4v) is 2.59. The van der Waals surface area contributed by atoms with E-state index in [-0.39, 0.29) is 6.04 Å². The van der Waals surface area contributed by atoms with Crippen LogP contribution in [0.2, 0.25) is 0 Å². The van der Waals surface area contributed by atoms with Gasteiger partial charge in [0.05, 0.1) is 29.3 Å². The number of hydrogen-bond donors (Lipinski definition) is 1. The zero-order valence-electron chi connectivity index (χ0n) is 10.5. The quantitative estimate of drug-likeness (QED) is 0.789. The summed E-state index contributed by atoms with van der Waals surface area (Å²) >= 11 is 1.66. The minimum atomic E-state index is 0.233. The maximum absolute atomic E-state index is 4.12. The summed E-state index contributed by atoms with van der Waals surface area (Å²) in [6.45, 7) is 2.14. The van der Waals surface area contributed by atoms with Crippen LogP contribution >= 0.6 is 11.3 Å². The predicted octanol–water partition coefficient (Wildman–Crippen LogP) is 3.50. The van der Waals surface area contributed by atoms with E-state index in [9.17, 15) is 0 Å². The van der Waals surface area contributed by atoms with E-state index in [0.717, 1.165) is 11.4 Å². The highest BCUT2D eigenvalue weighted by Crippen LogP contribution is 2.26. The maximum atomic E-state index is 4.12. The summed E-state index contributed by atoms with van der Waals surface area (Å²) in [6, 6.07) is 8.44. The molecule has 0 radical (unpaired) electrons. The number of anilines is 1. The van der Waals surface area contributed by atoms with Crippen LogP contribution in [0.15, 0.2) is 54.7 Å². The van der Waals surface area contributed by atoms with E-state index in [1.165, 1.54) is 4.88 Å². The van der Waals surface area contributed by atoms with Crippen molar-refractivity contribution < 1.29 is 0 Å². The number of benzene rings is 1. The first-order valence-electron chi connectivity index (χ1n) is 6.07. The van der Waals surface area contributed by atoms with E-state index in [2.05, 4.69) is 34.3 Å². The van der Waals surface area contributed by atoms with Gasteiger partial charge in [-0.1, -0.05) is 12.1 Å². The number of aromatic nitrogens is 3. The molecule has 0 bridgehead atoms. The molecule has 1 aromatic carbocycles. The highest BCUT2D eigenvalue weighted by Gasteiger charge is 2.10. The number of para-hydroxylation sites is 2. The summed E-state index contributed by atoms with van der Waals surface area (Å²) in [6.07, 6.45) is 7.43. The van der Waals surface area contributed by atoms with Gasteiger partial charge in [-0.2, -0.15) is 0 Å². The Morgan fingerprint density at radius 2 is 2.16 bits per heavy atom. The topological polar surface area (TPSA) is 42.7 Å². The maximum Gasteiger partial charge on any atom is 0.0992 e. The Morgan fingerprint density at radius 3 is 2.89 bits per heavy atom. The standard InChI is InChI=1S/C14H14N4S/c1-11(14-8-16-10-19-14)17-12-4-2-3-5-13(12)18-7-6-15-9-18/h2-11,17H,1H3. The molecule has 0 aliphatic carbocycles. The molecule has 0 amide bonds. The van der Waals surface area contributed by atoms with Crippen molar-refractivity contribution in [2.75, 3.05) is 5.32 Å².